The predicted molar refractivity (Wildman–Crippen MR) is 115 cm³/mol. The fraction of sp³-hybridized carbons (Fsp3) is 0.263. The minimum absolute atomic E-state index is 0.171. The minimum atomic E-state index is -0.406. The van der Waals surface area contributed by atoms with Crippen LogP contribution in [0.4, 0.5) is 11.4 Å². The largest absolute Gasteiger partial charge is 0.496 e. The molecule has 1 aliphatic heterocycles. The Labute approximate surface area is 173 Å². The first-order valence-corrected chi connectivity index (χ1v) is 9.65. The second-order valence-corrected chi connectivity index (χ2v) is 7.33. The topological polar surface area (TPSA) is 53.6 Å². The number of ether oxygens (including phenoxy) is 1. The molecule has 0 radical (unpaired) electrons. The van der Waals surface area contributed by atoms with E-state index in [0.29, 0.717) is 21.4 Å². The van der Waals surface area contributed by atoms with Crippen molar-refractivity contribution in [3.8, 4) is 5.75 Å². The molecule has 1 saturated heterocycles. The lowest BCUT2D eigenvalue weighted by Gasteiger charge is -2.23. The van der Waals surface area contributed by atoms with E-state index in [9.17, 15) is 4.79 Å². The van der Waals surface area contributed by atoms with Crippen molar-refractivity contribution in [3.05, 3.63) is 52.0 Å². The summed E-state index contributed by atoms with van der Waals surface area (Å²) in [4.78, 5) is 14.8. The van der Waals surface area contributed by atoms with E-state index in [2.05, 4.69) is 15.5 Å². The van der Waals surface area contributed by atoms with Crippen molar-refractivity contribution in [2.24, 2.45) is 0 Å². The summed E-state index contributed by atoms with van der Waals surface area (Å²) >= 11 is 17.7. The van der Waals surface area contributed by atoms with Gasteiger partial charge in [0.25, 0.3) is 5.91 Å². The quantitative estimate of drug-likeness (QED) is 0.696. The van der Waals surface area contributed by atoms with Crippen LogP contribution in [0.1, 0.15) is 23.2 Å². The Bertz CT molecular complexity index is 870. The molecule has 0 aromatic heterocycles. The van der Waals surface area contributed by atoms with Gasteiger partial charge in [-0.15, -0.1) is 0 Å². The lowest BCUT2D eigenvalue weighted by Crippen LogP contribution is -2.35. The van der Waals surface area contributed by atoms with Crippen LogP contribution in [0.3, 0.4) is 0 Å². The summed E-state index contributed by atoms with van der Waals surface area (Å²) in [6, 6.07) is 10.4. The first-order chi connectivity index (χ1) is 13.0. The molecule has 0 atom stereocenters. The van der Waals surface area contributed by atoms with Gasteiger partial charge in [-0.1, -0.05) is 29.3 Å². The van der Waals surface area contributed by atoms with Crippen LogP contribution in [0.5, 0.6) is 5.75 Å². The van der Waals surface area contributed by atoms with Crippen molar-refractivity contribution in [3.63, 3.8) is 0 Å². The first-order valence-electron chi connectivity index (χ1n) is 8.49. The summed E-state index contributed by atoms with van der Waals surface area (Å²) in [6.45, 7) is 1.88. The Morgan fingerprint density at radius 2 is 1.93 bits per heavy atom. The number of thiocarbonyl (C=S) groups is 1. The number of benzene rings is 2. The molecule has 0 saturated carbocycles. The molecule has 1 amide bonds. The molecule has 27 heavy (non-hydrogen) atoms. The van der Waals surface area contributed by atoms with Crippen molar-refractivity contribution < 1.29 is 9.53 Å². The van der Waals surface area contributed by atoms with Crippen LogP contribution in [0, 0.1) is 0 Å². The zero-order valence-corrected chi connectivity index (χ0v) is 17.0. The number of anilines is 2. The molecule has 1 aliphatic rings. The maximum Gasteiger partial charge on any atom is 0.261 e. The van der Waals surface area contributed by atoms with Gasteiger partial charge >= 0.3 is 0 Å². The van der Waals surface area contributed by atoms with E-state index < -0.39 is 5.91 Å². The predicted octanol–water partition coefficient (Wildman–Crippen LogP) is 4.73. The lowest BCUT2D eigenvalue weighted by atomic mass is 10.2. The SMILES string of the molecule is COc1ccc(Cl)cc1C(=O)NC(=S)Nc1cccc(Cl)c1N1CCCC1. The van der Waals surface area contributed by atoms with Crippen molar-refractivity contribution in [2.75, 3.05) is 30.4 Å². The fourth-order valence-electron chi connectivity index (χ4n) is 3.06. The summed E-state index contributed by atoms with van der Waals surface area (Å²) in [5.74, 6) is 0.0109. The molecule has 3 rings (SSSR count). The summed E-state index contributed by atoms with van der Waals surface area (Å²) in [5, 5.41) is 7.00. The van der Waals surface area contributed by atoms with Crippen molar-refractivity contribution in [2.45, 2.75) is 12.8 Å². The monoisotopic (exact) mass is 423 g/mol. The van der Waals surface area contributed by atoms with Gasteiger partial charge in [0.1, 0.15) is 5.75 Å². The number of hydrogen-bond acceptors (Lipinski definition) is 4. The highest BCUT2D eigenvalue weighted by Gasteiger charge is 2.20. The van der Waals surface area contributed by atoms with Gasteiger partial charge in [0.05, 0.1) is 29.1 Å². The van der Waals surface area contributed by atoms with E-state index in [0.717, 1.165) is 37.3 Å². The van der Waals surface area contributed by atoms with Crippen molar-refractivity contribution in [1.29, 1.82) is 0 Å². The molecule has 2 aromatic carbocycles. The highest BCUT2D eigenvalue weighted by Crippen LogP contribution is 2.36. The molecule has 0 spiro atoms. The second-order valence-electron chi connectivity index (χ2n) is 6.08. The van der Waals surface area contributed by atoms with Gasteiger partial charge in [-0.3, -0.25) is 10.1 Å². The third-order valence-corrected chi connectivity index (χ3v) is 5.03. The first kappa shape index (κ1) is 19.7. The molecule has 0 bridgehead atoms. The average Bonchev–Trinajstić information content (AvgIpc) is 3.15. The third-order valence-electron chi connectivity index (χ3n) is 4.29. The maximum atomic E-state index is 12.6. The number of nitrogens with zero attached hydrogens (tertiary/aromatic N) is 1. The van der Waals surface area contributed by atoms with Gasteiger partial charge < -0.3 is 15.0 Å². The van der Waals surface area contributed by atoms with Crippen LogP contribution >= 0.6 is 35.4 Å². The summed E-state index contributed by atoms with van der Waals surface area (Å²) in [6.07, 6.45) is 2.25. The van der Waals surface area contributed by atoms with Gasteiger partial charge in [0.2, 0.25) is 0 Å². The van der Waals surface area contributed by atoms with Gasteiger partial charge in [-0.25, -0.2) is 0 Å². The van der Waals surface area contributed by atoms with Gasteiger partial charge in [-0.2, -0.15) is 0 Å². The number of methoxy groups -OCH3 is 1. The number of hydrogen-bond donors (Lipinski definition) is 2. The van der Waals surface area contributed by atoms with Crippen LogP contribution in [-0.4, -0.2) is 31.2 Å². The molecule has 2 N–H and O–H groups in total. The van der Waals surface area contributed by atoms with Crippen LogP contribution in [0.15, 0.2) is 36.4 Å². The Morgan fingerprint density at radius 1 is 1.19 bits per heavy atom. The zero-order chi connectivity index (χ0) is 19.4. The standard InChI is InChI=1S/C19H19Cl2N3O2S/c1-26-16-8-7-12(20)11-13(16)18(25)23-19(27)22-15-6-4-5-14(21)17(15)24-9-2-3-10-24/h4-8,11H,2-3,9-10H2,1H3,(H2,22,23,25,27). The zero-order valence-electron chi connectivity index (χ0n) is 14.7. The number of halogens is 2. The normalized spacial score (nSPS) is 13.4. The Balaban J connectivity index is 1.76. The van der Waals surface area contributed by atoms with E-state index in [1.165, 1.54) is 13.2 Å². The summed E-state index contributed by atoms with van der Waals surface area (Å²) in [7, 11) is 1.49. The molecular weight excluding hydrogens is 405 g/mol. The number of carbonyl (C=O) groups excluding carboxylic acids is 1. The second kappa shape index (κ2) is 8.78. The van der Waals surface area contributed by atoms with E-state index in [4.69, 9.17) is 40.2 Å². The molecule has 0 unspecified atom stereocenters. The number of rotatable bonds is 4. The lowest BCUT2D eigenvalue weighted by molar-refractivity contribution is 0.0975. The molecular formula is C19H19Cl2N3O2S. The Hall–Kier alpha value is -2.02. The van der Waals surface area contributed by atoms with Crippen molar-refractivity contribution >= 4 is 57.8 Å². The van der Waals surface area contributed by atoms with E-state index >= 15 is 0 Å². The molecule has 5 nitrogen and oxygen atoms in total. The Morgan fingerprint density at radius 3 is 2.63 bits per heavy atom. The fourth-order valence-corrected chi connectivity index (χ4v) is 3.73. The number of para-hydroxylation sites is 1. The molecule has 2 aromatic rings. The highest BCUT2D eigenvalue weighted by atomic mass is 35.5. The van der Waals surface area contributed by atoms with Crippen LogP contribution in [-0.2, 0) is 0 Å². The van der Waals surface area contributed by atoms with E-state index in [-0.39, 0.29) is 5.11 Å². The van der Waals surface area contributed by atoms with Crippen LogP contribution in [0.25, 0.3) is 0 Å². The van der Waals surface area contributed by atoms with Gasteiger partial charge in [0, 0.05) is 18.1 Å². The number of carbonyl (C=O) groups is 1. The summed E-state index contributed by atoms with van der Waals surface area (Å²) < 4.78 is 5.22. The molecule has 1 fully saturated rings. The third kappa shape index (κ3) is 4.64. The molecule has 1 heterocycles. The van der Waals surface area contributed by atoms with Gasteiger partial charge in [0.15, 0.2) is 5.11 Å². The van der Waals surface area contributed by atoms with Crippen LogP contribution < -0.4 is 20.3 Å². The molecule has 8 heteroatoms. The highest BCUT2D eigenvalue weighted by molar-refractivity contribution is 7.80. The Kier molecular flexibility index (Phi) is 6.42. The van der Waals surface area contributed by atoms with E-state index in [1.54, 1.807) is 12.1 Å². The van der Waals surface area contributed by atoms with Crippen LogP contribution in [0.2, 0.25) is 10.0 Å². The van der Waals surface area contributed by atoms with Gasteiger partial charge in [-0.05, 0) is 55.4 Å². The number of nitrogens with one attached hydrogen (secondary N) is 2. The van der Waals surface area contributed by atoms with E-state index in [1.807, 2.05) is 18.2 Å². The molecule has 0 aliphatic carbocycles. The summed E-state index contributed by atoms with van der Waals surface area (Å²) in [5.41, 5.74) is 1.96. The maximum absolute atomic E-state index is 12.6. The number of amides is 1. The molecule has 142 valence electrons. The minimum Gasteiger partial charge on any atom is -0.496 e. The smallest absolute Gasteiger partial charge is 0.261 e. The van der Waals surface area contributed by atoms with Crippen molar-refractivity contribution in [1.82, 2.24) is 5.32 Å². The average molecular weight is 424 g/mol.